The molecule has 2 bridgehead atoms. The van der Waals surface area contributed by atoms with Gasteiger partial charge in [0.2, 0.25) is 0 Å². The summed E-state index contributed by atoms with van der Waals surface area (Å²) in [7, 11) is -0.0991. The summed E-state index contributed by atoms with van der Waals surface area (Å²) in [5.41, 5.74) is 0.561. The highest BCUT2D eigenvalue weighted by Gasteiger charge is 2.59. The quantitative estimate of drug-likeness (QED) is 0.482. The Labute approximate surface area is 80.4 Å². The van der Waals surface area contributed by atoms with Crippen LogP contribution in [0.1, 0.15) is 33.1 Å². The van der Waals surface area contributed by atoms with Gasteiger partial charge in [0.1, 0.15) is 0 Å². The van der Waals surface area contributed by atoms with Gasteiger partial charge in [0.15, 0.2) is 0 Å². The maximum absolute atomic E-state index is 9.41. The number of fused-ring (bicyclic) bond motifs is 2. The Kier molecular flexibility index (Phi) is 1.48. The van der Waals surface area contributed by atoms with Crippen molar-refractivity contribution >= 4 is 7.05 Å². The van der Waals surface area contributed by atoms with E-state index in [0.29, 0.717) is 11.5 Å². The summed E-state index contributed by atoms with van der Waals surface area (Å²) in [6.07, 6.45) is 5.07. The van der Waals surface area contributed by atoms with Crippen LogP contribution in [0.4, 0.5) is 0 Å². The Balaban J connectivity index is 1.77. The molecule has 4 fully saturated rings. The third-order valence-electron chi connectivity index (χ3n) is 4.87. The Morgan fingerprint density at radius 1 is 1.38 bits per heavy atom. The molecule has 1 N–H and O–H groups in total. The maximum Gasteiger partial charge on any atom is 0.393 e. The van der Waals surface area contributed by atoms with E-state index < -0.39 is 0 Å². The first-order valence-corrected chi connectivity index (χ1v) is 5.54. The van der Waals surface area contributed by atoms with Crippen LogP contribution >= 0.6 is 0 Å². The van der Waals surface area contributed by atoms with Crippen molar-refractivity contribution < 1.29 is 5.02 Å². The van der Waals surface area contributed by atoms with Gasteiger partial charge in [0.25, 0.3) is 0 Å². The zero-order valence-corrected chi connectivity index (χ0v) is 8.53. The molecule has 0 aromatic carbocycles. The van der Waals surface area contributed by atoms with Crippen LogP contribution in [0.25, 0.3) is 0 Å². The molecule has 0 radical (unpaired) electrons. The molecule has 2 nitrogen and oxygen atoms in total. The first-order valence-electron chi connectivity index (χ1n) is 5.54. The van der Waals surface area contributed by atoms with E-state index in [2.05, 4.69) is 18.7 Å². The highest BCUT2D eigenvalue weighted by Crippen LogP contribution is 2.60. The smallest absolute Gasteiger partial charge is 0.393 e. The molecular formula is C10H18BNO. The predicted molar refractivity (Wildman–Crippen MR) is 53.1 cm³/mol. The van der Waals surface area contributed by atoms with E-state index in [0.717, 1.165) is 18.3 Å². The standard InChI is InChI=1S/C10H18BNO/c1-10(2)7-3-4-9(8(10)5-7)12-6-11(12)13/h7-9,13H,3-6H2,1-2H3/t7-,8?,9?,12?/m1/s1. The monoisotopic (exact) mass is 179 g/mol. The number of rotatable bonds is 1. The van der Waals surface area contributed by atoms with Crippen molar-refractivity contribution in [1.29, 1.82) is 0 Å². The van der Waals surface area contributed by atoms with Crippen LogP contribution in [0.2, 0.25) is 0 Å². The van der Waals surface area contributed by atoms with Crippen LogP contribution in [0.3, 0.4) is 0 Å². The molecule has 72 valence electrons. The lowest BCUT2D eigenvalue weighted by molar-refractivity contribution is -0.0977. The molecule has 4 aliphatic rings. The van der Waals surface area contributed by atoms with Crippen molar-refractivity contribution in [3.05, 3.63) is 0 Å². The van der Waals surface area contributed by atoms with Crippen LogP contribution in [0.5, 0.6) is 0 Å². The van der Waals surface area contributed by atoms with Gasteiger partial charge in [0, 0.05) is 12.5 Å². The van der Waals surface area contributed by atoms with Crippen LogP contribution in [-0.2, 0) is 0 Å². The van der Waals surface area contributed by atoms with Gasteiger partial charge in [0.05, 0.1) is 0 Å². The molecule has 3 unspecified atom stereocenters. The number of nitrogens with zero attached hydrogens (tertiary/aromatic N) is 1. The molecule has 0 amide bonds. The second-order valence-corrected chi connectivity index (χ2v) is 5.68. The third kappa shape index (κ3) is 0.976. The Morgan fingerprint density at radius 2 is 2.08 bits per heavy atom. The average molecular weight is 179 g/mol. The second-order valence-electron chi connectivity index (χ2n) is 5.68. The van der Waals surface area contributed by atoms with Crippen LogP contribution in [-0.4, -0.2) is 29.4 Å². The highest BCUT2D eigenvalue weighted by atomic mass is 16.2. The van der Waals surface area contributed by atoms with Gasteiger partial charge >= 0.3 is 7.05 Å². The molecule has 0 spiro atoms. The van der Waals surface area contributed by atoms with E-state index in [-0.39, 0.29) is 7.05 Å². The lowest BCUT2D eigenvalue weighted by Gasteiger charge is -2.60. The third-order valence-corrected chi connectivity index (χ3v) is 4.87. The molecule has 3 saturated carbocycles. The minimum absolute atomic E-state index is 0.0991. The van der Waals surface area contributed by atoms with E-state index in [4.69, 9.17) is 0 Å². The Bertz CT molecular complexity index is 241. The Morgan fingerprint density at radius 3 is 2.54 bits per heavy atom. The summed E-state index contributed by atoms with van der Waals surface area (Å²) >= 11 is 0. The minimum atomic E-state index is -0.0991. The zero-order valence-electron chi connectivity index (χ0n) is 8.53. The van der Waals surface area contributed by atoms with Gasteiger partial charge in [-0.1, -0.05) is 13.8 Å². The highest BCUT2D eigenvalue weighted by molar-refractivity contribution is 6.57. The molecule has 1 aliphatic heterocycles. The minimum Gasteiger partial charge on any atom is -0.436 e. The van der Waals surface area contributed by atoms with Crippen LogP contribution < -0.4 is 0 Å². The summed E-state index contributed by atoms with van der Waals surface area (Å²) < 4.78 is 0. The summed E-state index contributed by atoms with van der Waals surface area (Å²) in [6.45, 7) is 4.82. The van der Waals surface area contributed by atoms with Crippen molar-refractivity contribution in [2.24, 2.45) is 17.3 Å². The van der Waals surface area contributed by atoms with Gasteiger partial charge in [-0.3, -0.25) is 0 Å². The van der Waals surface area contributed by atoms with E-state index >= 15 is 0 Å². The lowest BCUT2D eigenvalue weighted by Crippen LogP contribution is -2.57. The normalized spacial score (nSPS) is 51.5. The first-order chi connectivity index (χ1) is 6.10. The lowest BCUT2D eigenvalue weighted by atomic mass is 9.47. The van der Waals surface area contributed by atoms with Gasteiger partial charge in [-0.25, -0.2) is 0 Å². The fourth-order valence-electron chi connectivity index (χ4n) is 3.67. The van der Waals surface area contributed by atoms with Crippen molar-refractivity contribution in [3.63, 3.8) is 0 Å². The SMILES string of the molecule is CC1(C)C2C[C@H]1CCC2N1CB1O. The molecule has 0 aromatic rings. The van der Waals surface area contributed by atoms with Crippen LogP contribution in [0, 0.1) is 17.3 Å². The molecule has 0 aromatic heterocycles. The Hall–Kier alpha value is -0.0151. The number of hydrogen-bond donors (Lipinski definition) is 1. The average Bonchev–Trinajstić information content (AvgIpc) is 2.82. The molecule has 1 saturated heterocycles. The van der Waals surface area contributed by atoms with Crippen LogP contribution in [0.15, 0.2) is 0 Å². The summed E-state index contributed by atoms with van der Waals surface area (Å²) in [5, 5.41) is 9.41. The van der Waals surface area contributed by atoms with Gasteiger partial charge in [-0.05, 0) is 36.5 Å². The van der Waals surface area contributed by atoms with Crippen molar-refractivity contribution in [2.75, 3.05) is 6.44 Å². The molecule has 4 rings (SSSR count). The second kappa shape index (κ2) is 2.32. The van der Waals surface area contributed by atoms with E-state index in [1.54, 1.807) is 0 Å². The first kappa shape index (κ1) is 8.31. The molecule has 13 heavy (non-hydrogen) atoms. The van der Waals surface area contributed by atoms with Gasteiger partial charge in [-0.2, -0.15) is 0 Å². The summed E-state index contributed by atoms with van der Waals surface area (Å²) in [5.74, 6) is 1.84. The van der Waals surface area contributed by atoms with E-state index in [1.165, 1.54) is 19.3 Å². The van der Waals surface area contributed by atoms with Crippen molar-refractivity contribution in [2.45, 2.75) is 39.2 Å². The molecule has 3 heteroatoms. The zero-order chi connectivity index (χ0) is 9.22. The van der Waals surface area contributed by atoms with E-state index in [1.807, 2.05) is 0 Å². The molecule has 4 atom stereocenters. The molecular weight excluding hydrogens is 161 g/mol. The number of hydrogen-bond acceptors (Lipinski definition) is 2. The predicted octanol–water partition coefficient (Wildman–Crippen LogP) is 1.15. The van der Waals surface area contributed by atoms with Crippen molar-refractivity contribution in [1.82, 2.24) is 4.81 Å². The topological polar surface area (TPSA) is 23.2 Å². The molecule has 3 aliphatic carbocycles. The molecule has 1 heterocycles. The van der Waals surface area contributed by atoms with Gasteiger partial charge in [-0.15, -0.1) is 0 Å². The fourth-order valence-corrected chi connectivity index (χ4v) is 3.67. The summed E-state index contributed by atoms with van der Waals surface area (Å²) in [4.78, 5) is 2.28. The van der Waals surface area contributed by atoms with Gasteiger partial charge < -0.3 is 9.83 Å². The van der Waals surface area contributed by atoms with E-state index in [9.17, 15) is 5.02 Å². The summed E-state index contributed by atoms with van der Waals surface area (Å²) in [6, 6.07) is 0.704. The maximum atomic E-state index is 9.41. The van der Waals surface area contributed by atoms with Crippen molar-refractivity contribution in [3.8, 4) is 0 Å². The largest absolute Gasteiger partial charge is 0.436 e. The fraction of sp³-hybridized carbons (Fsp3) is 1.00.